The van der Waals surface area contributed by atoms with Crippen molar-refractivity contribution in [3.63, 3.8) is 0 Å². The molecule has 0 atom stereocenters. The molecule has 6 nitrogen and oxygen atoms in total. The molecule has 2 aromatic carbocycles. The minimum Gasteiger partial charge on any atom is -0.337 e. The predicted octanol–water partition coefficient (Wildman–Crippen LogP) is 3.50. The minimum atomic E-state index is -0.185. The number of hydrogen-bond donors (Lipinski definition) is 1. The zero-order chi connectivity index (χ0) is 21.3. The topological polar surface area (TPSA) is 70.5 Å². The first-order valence-electron chi connectivity index (χ1n) is 9.88. The second-order valence-electron chi connectivity index (χ2n) is 7.64. The Kier molecular flexibility index (Phi) is 5.23. The van der Waals surface area contributed by atoms with E-state index >= 15 is 0 Å². The van der Waals surface area contributed by atoms with Crippen LogP contribution in [0.5, 0.6) is 0 Å². The van der Waals surface area contributed by atoms with Crippen LogP contribution in [0.1, 0.15) is 38.3 Å². The highest BCUT2D eigenvalue weighted by Gasteiger charge is 2.21. The van der Waals surface area contributed by atoms with Crippen molar-refractivity contribution in [3.8, 4) is 0 Å². The molecule has 4 rings (SSSR count). The number of carbonyl (C=O) groups excluding carboxylic acids is 1. The number of amides is 1. The van der Waals surface area contributed by atoms with Gasteiger partial charge in [0, 0.05) is 37.5 Å². The summed E-state index contributed by atoms with van der Waals surface area (Å²) in [6, 6.07) is 17.9. The second kappa shape index (κ2) is 7.99. The van der Waals surface area contributed by atoms with E-state index in [1.165, 1.54) is 4.52 Å². The van der Waals surface area contributed by atoms with Crippen molar-refractivity contribution in [2.24, 2.45) is 0 Å². The van der Waals surface area contributed by atoms with Gasteiger partial charge in [-0.05, 0) is 25.0 Å². The Labute approximate surface area is 174 Å². The van der Waals surface area contributed by atoms with Crippen LogP contribution in [0.3, 0.4) is 0 Å². The third-order valence-electron chi connectivity index (χ3n) is 5.27. The van der Waals surface area contributed by atoms with E-state index in [9.17, 15) is 9.59 Å². The average molecular weight is 400 g/mol. The van der Waals surface area contributed by atoms with Crippen molar-refractivity contribution in [3.05, 3.63) is 105 Å². The molecule has 4 aromatic rings. The summed E-state index contributed by atoms with van der Waals surface area (Å²) in [5, 5.41) is 2.92. The van der Waals surface area contributed by atoms with E-state index in [1.807, 2.05) is 62.4 Å². The summed E-state index contributed by atoms with van der Waals surface area (Å²) < 4.78 is 1.36. The summed E-state index contributed by atoms with van der Waals surface area (Å²) in [6.07, 6.45) is 2.06. The SMILES string of the molecule is Cc1cccc(Cc2c(C)nc3c(C(=O)N(C)Cc4ccccc4)c[nH]n3c2=O)c1. The molecule has 0 aliphatic rings. The van der Waals surface area contributed by atoms with Crippen LogP contribution in [0.15, 0.2) is 65.6 Å². The number of aryl methyl sites for hydroxylation is 2. The highest BCUT2D eigenvalue weighted by Crippen LogP contribution is 2.15. The molecule has 152 valence electrons. The summed E-state index contributed by atoms with van der Waals surface area (Å²) in [4.78, 5) is 32.3. The standard InChI is InChI=1S/C24H24N4O2/c1-16-8-7-11-19(12-16)13-20-17(2)26-22-21(14-25-28(22)24(20)30)23(29)27(3)15-18-9-5-4-6-10-18/h4-12,14,25H,13,15H2,1-3H3. The Morgan fingerprint density at radius 2 is 1.80 bits per heavy atom. The van der Waals surface area contributed by atoms with E-state index in [0.717, 1.165) is 16.7 Å². The lowest BCUT2D eigenvalue weighted by molar-refractivity contribution is 0.0787. The van der Waals surface area contributed by atoms with Crippen LogP contribution in [0.4, 0.5) is 0 Å². The number of aromatic amines is 1. The maximum atomic E-state index is 13.1. The fourth-order valence-electron chi connectivity index (χ4n) is 3.68. The van der Waals surface area contributed by atoms with Crippen LogP contribution < -0.4 is 5.56 Å². The first-order chi connectivity index (χ1) is 14.4. The number of hydrogen-bond acceptors (Lipinski definition) is 3. The van der Waals surface area contributed by atoms with Crippen molar-refractivity contribution < 1.29 is 4.79 Å². The highest BCUT2D eigenvalue weighted by atomic mass is 16.2. The average Bonchev–Trinajstić information content (AvgIpc) is 3.15. The van der Waals surface area contributed by atoms with E-state index in [0.29, 0.717) is 35.4 Å². The van der Waals surface area contributed by atoms with E-state index in [2.05, 4.69) is 16.1 Å². The molecule has 2 aromatic heterocycles. The molecule has 0 fully saturated rings. The van der Waals surface area contributed by atoms with Crippen molar-refractivity contribution in [2.45, 2.75) is 26.8 Å². The number of fused-ring (bicyclic) bond motifs is 1. The number of rotatable bonds is 5. The van der Waals surface area contributed by atoms with Crippen LogP contribution in [0, 0.1) is 13.8 Å². The van der Waals surface area contributed by atoms with Gasteiger partial charge in [-0.25, -0.2) is 9.50 Å². The van der Waals surface area contributed by atoms with Gasteiger partial charge in [0.15, 0.2) is 5.65 Å². The molecule has 0 aliphatic carbocycles. The fraction of sp³-hybridized carbons (Fsp3) is 0.208. The molecule has 0 radical (unpaired) electrons. The van der Waals surface area contributed by atoms with Gasteiger partial charge in [0.25, 0.3) is 11.5 Å². The largest absolute Gasteiger partial charge is 0.337 e. The van der Waals surface area contributed by atoms with Crippen LogP contribution in [0.2, 0.25) is 0 Å². The third-order valence-corrected chi connectivity index (χ3v) is 5.27. The summed E-state index contributed by atoms with van der Waals surface area (Å²) in [5.74, 6) is -0.185. The van der Waals surface area contributed by atoms with Gasteiger partial charge in [0.05, 0.1) is 0 Å². The summed E-state index contributed by atoms with van der Waals surface area (Å²) >= 11 is 0. The van der Waals surface area contributed by atoms with Crippen molar-refractivity contribution in [2.75, 3.05) is 7.05 Å². The first kappa shape index (κ1) is 19.6. The zero-order valence-electron chi connectivity index (χ0n) is 17.3. The molecular formula is C24H24N4O2. The molecule has 1 amide bonds. The van der Waals surface area contributed by atoms with Crippen LogP contribution in [0.25, 0.3) is 5.65 Å². The lowest BCUT2D eigenvalue weighted by atomic mass is 10.0. The Hall–Kier alpha value is -3.67. The van der Waals surface area contributed by atoms with Crippen LogP contribution in [-0.4, -0.2) is 32.5 Å². The number of nitrogens with one attached hydrogen (secondary N) is 1. The first-order valence-corrected chi connectivity index (χ1v) is 9.88. The molecule has 0 unspecified atom stereocenters. The number of aromatic nitrogens is 3. The number of H-pyrrole nitrogens is 1. The zero-order valence-corrected chi connectivity index (χ0v) is 17.3. The quantitative estimate of drug-likeness (QED) is 0.557. The van der Waals surface area contributed by atoms with Gasteiger partial charge in [-0.15, -0.1) is 0 Å². The Balaban J connectivity index is 1.67. The molecule has 1 N–H and O–H groups in total. The van der Waals surface area contributed by atoms with E-state index in [1.54, 1.807) is 18.1 Å². The van der Waals surface area contributed by atoms with Gasteiger partial charge in [0.1, 0.15) is 5.56 Å². The second-order valence-corrected chi connectivity index (χ2v) is 7.64. The van der Waals surface area contributed by atoms with E-state index in [-0.39, 0.29) is 11.5 Å². The molecule has 2 heterocycles. The normalized spacial score (nSPS) is 11.0. The summed E-state index contributed by atoms with van der Waals surface area (Å²) in [5.41, 5.74) is 5.07. The molecule has 0 saturated heterocycles. The van der Waals surface area contributed by atoms with Gasteiger partial charge >= 0.3 is 0 Å². The Morgan fingerprint density at radius 3 is 2.53 bits per heavy atom. The number of nitrogens with zero attached hydrogens (tertiary/aromatic N) is 3. The van der Waals surface area contributed by atoms with Crippen LogP contribution >= 0.6 is 0 Å². The van der Waals surface area contributed by atoms with Gasteiger partial charge in [-0.1, -0.05) is 60.2 Å². The van der Waals surface area contributed by atoms with Crippen molar-refractivity contribution in [1.82, 2.24) is 19.5 Å². The Bertz CT molecular complexity index is 1270. The fourth-order valence-corrected chi connectivity index (χ4v) is 3.68. The molecule has 0 saturated carbocycles. The van der Waals surface area contributed by atoms with E-state index in [4.69, 9.17) is 0 Å². The molecule has 6 heteroatoms. The maximum Gasteiger partial charge on any atom is 0.276 e. The van der Waals surface area contributed by atoms with Gasteiger partial charge in [-0.3, -0.25) is 14.7 Å². The van der Waals surface area contributed by atoms with Crippen molar-refractivity contribution in [1.29, 1.82) is 0 Å². The maximum absolute atomic E-state index is 13.1. The third kappa shape index (κ3) is 3.76. The Morgan fingerprint density at radius 1 is 1.07 bits per heavy atom. The highest BCUT2D eigenvalue weighted by molar-refractivity contribution is 5.99. The van der Waals surface area contributed by atoms with Crippen LogP contribution in [-0.2, 0) is 13.0 Å². The van der Waals surface area contributed by atoms with E-state index < -0.39 is 0 Å². The van der Waals surface area contributed by atoms with Gasteiger partial charge < -0.3 is 4.90 Å². The number of benzene rings is 2. The lowest BCUT2D eigenvalue weighted by Crippen LogP contribution is -2.27. The molecule has 30 heavy (non-hydrogen) atoms. The van der Waals surface area contributed by atoms with Crippen molar-refractivity contribution >= 4 is 11.6 Å². The molecule has 0 bridgehead atoms. The molecule has 0 aliphatic heterocycles. The number of carbonyl (C=O) groups is 1. The predicted molar refractivity (Wildman–Crippen MR) is 117 cm³/mol. The minimum absolute atomic E-state index is 0.177. The molecule has 0 spiro atoms. The monoisotopic (exact) mass is 400 g/mol. The van der Waals surface area contributed by atoms with Gasteiger partial charge in [-0.2, -0.15) is 0 Å². The molecular weight excluding hydrogens is 376 g/mol. The summed E-state index contributed by atoms with van der Waals surface area (Å²) in [6.45, 7) is 4.33. The van der Waals surface area contributed by atoms with Gasteiger partial charge in [0.2, 0.25) is 0 Å². The lowest BCUT2D eigenvalue weighted by Gasteiger charge is -2.16. The smallest absolute Gasteiger partial charge is 0.276 e. The summed E-state index contributed by atoms with van der Waals surface area (Å²) in [7, 11) is 1.75.